The second-order valence-electron chi connectivity index (χ2n) is 5.57. The van der Waals surface area contributed by atoms with Gasteiger partial charge in [-0.2, -0.15) is 11.8 Å². The molecule has 1 atom stereocenters. The average molecular weight is 348 g/mol. The van der Waals surface area contributed by atoms with Gasteiger partial charge >= 0.3 is 6.03 Å². The number of rotatable bonds is 2. The summed E-state index contributed by atoms with van der Waals surface area (Å²) in [6.45, 7) is 1.10. The van der Waals surface area contributed by atoms with E-state index < -0.39 is 17.7 Å². The normalized spacial score (nSPS) is 18.1. The van der Waals surface area contributed by atoms with Crippen molar-refractivity contribution in [3.8, 4) is 0 Å². The quantitative estimate of drug-likeness (QED) is 0.855. The number of nitrogens with zero attached hydrogens (tertiary/aromatic N) is 1. The molecular weight excluding hydrogens is 330 g/mol. The Bertz CT molecular complexity index is 691. The van der Waals surface area contributed by atoms with Crippen molar-refractivity contribution < 1.29 is 13.6 Å². The van der Waals surface area contributed by atoms with E-state index in [0.717, 1.165) is 24.3 Å². The molecule has 0 saturated carbocycles. The Morgan fingerprint density at radius 2 is 1.75 bits per heavy atom. The summed E-state index contributed by atoms with van der Waals surface area (Å²) in [6.07, 6.45) is 0.807. The van der Waals surface area contributed by atoms with Crippen molar-refractivity contribution >= 4 is 23.5 Å². The molecule has 0 aromatic heterocycles. The van der Waals surface area contributed by atoms with Crippen LogP contribution < -0.4 is 5.32 Å². The molecule has 3 nitrogen and oxygen atoms in total. The van der Waals surface area contributed by atoms with E-state index in [1.165, 1.54) is 11.6 Å². The molecule has 0 radical (unpaired) electrons. The molecule has 2 aromatic carbocycles. The maximum Gasteiger partial charge on any atom is 0.322 e. The molecule has 126 valence electrons. The highest BCUT2D eigenvalue weighted by Crippen LogP contribution is 2.34. The number of amides is 2. The van der Waals surface area contributed by atoms with E-state index in [9.17, 15) is 13.6 Å². The third kappa shape index (κ3) is 3.87. The third-order valence-corrected chi connectivity index (χ3v) is 5.32. The van der Waals surface area contributed by atoms with Gasteiger partial charge in [-0.05, 0) is 24.1 Å². The van der Waals surface area contributed by atoms with Gasteiger partial charge in [-0.15, -0.1) is 0 Å². The predicted molar refractivity (Wildman–Crippen MR) is 93.2 cm³/mol. The summed E-state index contributed by atoms with van der Waals surface area (Å²) in [5, 5.41) is 2.69. The number of urea groups is 1. The lowest BCUT2D eigenvalue weighted by Gasteiger charge is -2.21. The molecule has 3 rings (SSSR count). The van der Waals surface area contributed by atoms with Gasteiger partial charge in [0.1, 0.15) is 17.3 Å². The monoisotopic (exact) mass is 348 g/mol. The first-order chi connectivity index (χ1) is 11.6. The largest absolute Gasteiger partial charge is 0.324 e. The molecule has 1 heterocycles. The van der Waals surface area contributed by atoms with Crippen LogP contribution >= 0.6 is 11.8 Å². The number of hydrogen-bond donors (Lipinski definition) is 1. The van der Waals surface area contributed by atoms with Crippen molar-refractivity contribution in [1.29, 1.82) is 0 Å². The molecule has 24 heavy (non-hydrogen) atoms. The number of hydrogen-bond acceptors (Lipinski definition) is 2. The van der Waals surface area contributed by atoms with Gasteiger partial charge in [-0.25, -0.2) is 13.6 Å². The Morgan fingerprint density at radius 3 is 2.46 bits per heavy atom. The van der Waals surface area contributed by atoms with E-state index >= 15 is 0 Å². The Balaban J connectivity index is 1.64. The fraction of sp³-hybridized carbons (Fsp3) is 0.278. The minimum atomic E-state index is -0.769. The van der Waals surface area contributed by atoms with Crippen LogP contribution in [0.25, 0.3) is 0 Å². The summed E-state index contributed by atoms with van der Waals surface area (Å²) in [4.78, 5) is 14.0. The summed E-state index contributed by atoms with van der Waals surface area (Å²) in [5.74, 6) is -0.753. The predicted octanol–water partition coefficient (Wildman–Crippen LogP) is 4.68. The number of carbonyl (C=O) groups is 1. The van der Waals surface area contributed by atoms with Crippen LogP contribution in [0.4, 0.5) is 19.3 Å². The molecule has 1 aliphatic rings. The lowest BCUT2D eigenvalue weighted by molar-refractivity contribution is 0.215. The lowest BCUT2D eigenvalue weighted by Crippen LogP contribution is -2.37. The van der Waals surface area contributed by atoms with Gasteiger partial charge in [0.25, 0.3) is 0 Å². The van der Waals surface area contributed by atoms with Gasteiger partial charge in [0.15, 0.2) is 0 Å². The zero-order chi connectivity index (χ0) is 16.9. The topological polar surface area (TPSA) is 32.3 Å². The number of carbonyl (C=O) groups excluding carboxylic acids is 1. The van der Waals surface area contributed by atoms with E-state index in [2.05, 4.69) is 17.4 Å². The third-order valence-electron chi connectivity index (χ3n) is 3.99. The van der Waals surface area contributed by atoms with Crippen LogP contribution in [-0.2, 0) is 0 Å². The van der Waals surface area contributed by atoms with Crippen molar-refractivity contribution in [3.63, 3.8) is 0 Å². The lowest BCUT2D eigenvalue weighted by atomic mass is 10.1. The van der Waals surface area contributed by atoms with Crippen LogP contribution in [0.3, 0.4) is 0 Å². The SMILES string of the molecule is O=C(Nc1c(F)cccc1F)N1CCS[C@@H](c2ccccc2)CC1. The van der Waals surface area contributed by atoms with Crippen molar-refractivity contribution in [2.24, 2.45) is 0 Å². The molecule has 0 aliphatic carbocycles. The Kier molecular flexibility index (Phi) is 5.35. The van der Waals surface area contributed by atoms with E-state index in [1.54, 1.807) is 16.7 Å². The standard InChI is InChI=1S/C18H18F2N2OS/c19-14-7-4-8-15(20)17(14)21-18(23)22-10-9-16(24-12-11-22)13-5-2-1-3-6-13/h1-8,16H,9-12H2,(H,21,23)/t16-/m1/s1. The average Bonchev–Trinajstić information content (AvgIpc) is 2.85. The van der Waals surface area contributed by atoms with Crippen molar-refractivity contribution in [3.05, 3.63) is 65.7 Å². The molecule has 0 bridgehead atoms. The first-order valence-electron chi connectivity index (χ1n) is 7.81. The van der Waals surface area contributed by atoms with Crippen LogP contribution in [0.1, 0.15) is 17.2 Å². The van der Waals surface area contributed by atoms with Gasteiger partial charge in [-0.1, -0.05) is 36.4 Å². The highest BCUT2D eigenvalue weighted by Gasteiger charge is 2.23. The second-order valence-corrected chi connectivity index (χ2v) is 6.88. The molecule has 0 spiro atoms. The van der Waals surface area contributed by atoms with E-state index in [1.807, 2.05) is 18.2 Å². The molecule has 2 amide bonds. The summed E-state index contributed by atoms with van der Waals surface area (Å²) in [5.41, 5.74) is 0.851. The van der Waals surface area contributed by atoms with Crippen LogP contribution in [0, 0.1) is 11.6 Å². The maximum atomic E-state index is 13.7. The van der Waals surface area contributed by atoms with Crippen LogP contribution in [0.15, 0.2) is 48.5 Å². The second kappa shape index (κ2) is 7.66. The van der Waals surface area contributed by atoms with Gasteiger partial charge in [-0.3, -0.25) is 0 Å². The summed E-state index contributed by atoms with van der Waals surface area (Å²) < 4.78 is 27.3. The smallest absolute Gasteiger partial charge is 0.322 e. The van der Waals surface area contributed by atoms with Crippen LogP contribution in [0.2, 0.25) is 0 Å². The zero-order valence-corrected chi connectivity index (χ0v) is 13.9. The number of benzene rings is 2. The van der Waals surface area contributed by atoms with Crippen molar-refractivity contribution in [2.75, 3.05) is 24.2 Å². The fourth-order valence-electron chi connectivity index (χ4n) is 2.71. The fourth-order valence-corrected chi connectivity index (χ4v) is 3.94. The summed E-state index contributed by atoms with van der Waals surface area (Å²) in [7, 11) is 0. The van der Waals surface area contributed by atoms with E-state index in [0.29, 0.717) is 18.3 Å². The van der Waals surface area contributed by atoms with Gasteiger partial charge in [0, 0.05) is 24.1 Å². The summed E-state index contributed by atoms with van der Waals surface area (Å²) in [6, 6.07) is 13.2. The molecule has 1 saturated heterocycles. The Hall–Kier alpha value is -2.08. The highest BCUT2D eigenvalue weighted by molar-refractivity contribution is 7.99. The number of para-hydroxylation sites is 1. The molecule has 1 aliphatic heterocycles. The van der Waals surface area contributed by atoms with E-state index in [-0.39, 0.29) is 5.69 Å². The van der Waals surface area contributed by atoms with E-state index in [4.69, 9.17) is 0 Å². The van der Waals surface area contributed by atoms with Crippen LogP contribution in [-0.4, -0.2) is 29.8 Å². The first-order valence-corrected chi connectivity index (χ1v) is 8.86. The van der Waals surface area contributed by atoms with Gasteiger partial charge in [0.2, 0.25) is 0 Å². The first kappa shape index (κ1) is 16.8. The molecule has 1 fully saturated rings. The maximum absolute atomic E-state index is 13.7. The summed E-state index contributed by atoms with van der Waals surface area (Å²) >= 11 is 1.80. The van der Waals surface area contributed by atoms with Crippen molar-refractivity contribution in [1.82, 2.24) is 4.90 Å². The Morgan fingerprint density at radius 1 is 1.04 bits per heavy atom. The van der Waals surface area contributed by atoms with Crippen molar-refractivity contribution in [2.45, 2.75) is 11.7 Å². The Labute approximate surface area is 144 Å². The van der Waals surface area contributed by atoms with Crippen LogP contribution in [0.5, 0.6) is 0 Å². The molecule has 2 aromatic rings. The van der Waals surface area contributed by atoms with Gasteiger partial charge < -0.3 is 10.2 Å². The minimum absolute atomic E-state index is 0.328. The number of anilines is 1. The number of thioether (sulfide) groups is 1. The minimum Gasteiger partial charge on any atom is -0.324 e. The highest BCUT2D eigenvalue weighted by atomic mass is 32.2. The number of nitrogens with one attached hydrogen (secondary N) is 1. The van der Waals surface area contributed by atoms with Gasteiger partial charge in [0.05, 0.1) is 0 Å². The molecule has 0 unspecified atom stereocenters. The molecule has 6 heteroatoms. The number of halogens is 2. The zero-order valence-electron chi connectivity index (χ0n) is 13.0. The molecule has 1 N–H and O–H groups in total. The molecular formula is C18H18F2N2OS.